The molecule has 1 aliphatic heterocycles. The van der Waals surface area contributed by atoms with Gasteiger partial charge in [-0.2, -0.15) is 0 Å². The molecule has 1 aromatic carbocycles. The Labute approximate surface area is 111 Å². The van der Waals surface area contributed by atoms with E-state index in [0.717, 1.165) is 10.9 Å². The van der Waals surface area contributed by atoms with Gasteiger partial charge in [-0.05, 0) is 18.2 Å². The van der Waals surface area contributed by atoms with Gasteiger partial charge in [0.15, 0.2) is 6.61 Å². The van der Waals surface area contributed by atoms with Crippen molar-refractivity contribution in [3.8, 4) is 5.75 Å². The van der Waals surface area contributed by atoms with Gasteiger partial charge >= 0.3 is 0 Å². The van der Waals surface area contributed by atoms with Crippen LogP contribution in [0.2, 0.25) is 0 Å². The van der Waals surface area contributed by atoms with Crippen molar-refractivity contribution in [3.63, 3.8) is 0 Å². The predicted octanol–water partition coefficient (Wildman–Crippen LogP) is 0.783. The van der Waals surface area contributed by atoms with Crippen LogP contribution in [0, 0.1) is 0 Å². The predicted molar refractivity (Wildman–Crippen MR) is 71.8 cm³/mol. The van der Waals surface area contributed by atoms with E-state index >= 15 is 0 Å². The first-order valence-corrected chi connectivity index (χ1v) is 6.24. The molecule has 1 saturated heterocycles. The van der Waals surface area contributed by atoms with Gasteiger partial charge in [0.1, 0.15) is 5.75 Å². The number of hydrogen-bond donors (Lipinski definition) is 1. The summed E-state index contributed by atoms with van der Waals surface area (Å²) in [5.41, 5.74) is 6.51. The summed E-state index contributed by atoms with van der Waals surface area (Å²) in [6.45, 7) is 1.29. The zero-order chi connectivity index (χ0) is 13.2. The molecule has 0 bridgehead atoms. The summed E-state index contributed by atoms with van der Waals surface area (Å²) in [5, 5.41) is 0.915. The largest absolute Gasteiger partial charge is 0.483 e. The third kappa shape index (κ3) is 2.37. The SMILES string of the molecule is NC1CN(C(=O)COc2ccnc3ccccc23)C1. The molecule has 2 aromatic rings. The number of aromatic nitrogens is 1. The number of fused-ring (bicyclic) bond motifs is 1. The summed E-state index contributed by atoms with van der Waals surface area (Å²) in [6, 6.07) is 9.59. The second-order valence-corrected chi connectivity index (χ2v) is 4.67. The van der Waals surface area contributed by atoms with Crippen LogP contribution in [-0.2, 0) is 4.79 Å². The zero-order valence-corrected chi connectivity index (χ0v) is 10.5. The van der Waals surface area contributed by atoms with E-state index in [1.165, 1.54) is 0 Å². The summed E-state index contributed by atoms with van der Waals surface area (Å²) in [7, 11) is 0. The van der Waals surface area contributed by atoms with Gasteiger partial charge < -0.3 is 15.4 Å². The van der Waals surface area contributed by atoms with E-state index in [1.54, 1.807) is 17.2 Å². The maximum absolute atomic E-state index is 11.8. The van der Waals surface area contributed by atoms with Crippen LogP contribution in [0.3, 0.4) is 0 Å². The van der Waals surface area contributed by atoms with Gasteiger partial charge in [-0.15, -0.1) is 0 Å². The first kappa shape index (κ1) is 11.9. The number of hydrogen-bond acceptors (Lipinski definition) is 4. The molecule has 0 unspecified atom stereocenters. The smallest absolute Gasteiger partial charge is 0.260 e. The molecule has 1 aliphatic rings. The molecule has 2 heterocycles. The summed E-state index contributed by atoms with van der Waals surface area (Å²) in [6.07, 6.45) is 1.68. The molecule has 98 valence electrons. The molecule has 1 aromatic heterocycles. The van der Waals surface area contributed by atoms with Crippen LogP contribution in [0.25, 0.3) is 10.9 Å². The fraction of sp³-hybridized carbons (Fsp3) is 0.286. The maximum Gasteiger partial charge on any atom is 0.260 e. The molecule has 0 spiro atoms. The number of amides is 1. The second kappa shape index (κ2) is 4.85. The molecule has 0 aliphatic carbocycles. The lowest BCUT2D eigenvalue weighted by Gasteiger charge is -2.36. The summed E-state index contributed by atoms with van der Waals surface area (Å²) >= 11 is 0. The summed E-state index contributed by atoms with van der Waals surface area (Å²) in [5.74, 6) is 0.659. The zero-order valence-electron chi connectivity index (χ0n) is 10.5. The lowest BCUT2D eigenvalue weighted by molar-refractivity contribution is -0.137. The third-order valence-corrected chi connectivity index (χ3v) is 3.22. The van der Waals surface area contributed by atoms with Gasteiger partial charge in [0.05, 0.1) is 5.52 Å². The molecular formula is C14H15N3O2. The number of carbonyl (C=O) groups is 1. The van der Waals surface area contributed by atoms with Crippen molar-refractivity contribution in [1.29, 1.82) is 0 Å². The molecule has 5 heteroatoms. The van der Waals surface area contributed by atoms with E-state index in [0.29, 0.717) is 18.8 Å². The monoisotopic (exact) mass is 257 g/mol. The van der Waals surface area contributed by atoms with Gasteiger partial charge in [-0.3, -0.25) is 9.78 Å². The first-order chi connectivity index (χ1) is 9.24. The standard InChI is InChI=1S/C14H15N3O2/c15-10-7-17(8-10)14(18)9-19-13-5-6-16-12-4-2-1-3-11(12)13/h1-6,10H,7-9,15H2. The Hall–Kier alpha value is -2.14. The van der Waals surface area contributed by atoms with Crippen molar-refractivity contribution in [3.05, 3.63) is 36.5 Å². The number of para-hydroxylation sites is 1. The number of benzene rings is 1. The number of pyridine rings is 1. The van der Waals surface area contributed by atoms with Gasteiger partial charge in [0, 0.05) is 30.7 Å². The molecule has 2 N–H and O–H groups in total. The number of carbonyl (C=O) groups excluding carboxylic acids is 1. The highest BCUT2D eigenvalue weighted by Gasteiger charge is 2.27. The highest BCUT2D eigenvalue weighted by Crippen LogP contribution is 2.23. The van der Waals surface area contributed by atoms with Gasteiger partial charge in [0.2, 0.25) is 0 Å². The number of rotatable bonds is 3. The Morgan fingerprint density at radius 2 is 2.16 bits per heavy atom. The normalized spacial score (nSPS) is 15.3. The average molecular weight is 257 g/mol. The van der Waals surface area contributed by atoms with E-state index < -0.39 is 0 Å². The molecular weight excluding hydrogens is 242 g/mol. The Morgan fingerprint density at radius 1 is 1.37 bits per heavy atom. The molecule has 3 rings (SSSR count). The molecule has 19 heavy (non-hydrogen) atoms. The maximum atomic E-state index is 11.8. The highest BCUT2D eigenvalue weighted by atomic mass is 16.5. The fourth-order valence-electron chi connectivity index (χ4n) is 2.14. The summed E-state index contributed by atoms with van der Waals surface area (Å²) < 4.78 is 5.60. The Balaban J connectivity index is 1.70. The minimum atomic E-state index is -0.0254. The lowest BCUT2D eigenvalue weighted by Crippen LogP contribution is -2.58. The minimum absolute atomic E-state index is 0.0254. The van der Waals surface area contributed by atoms with Gasteiger partial charge in [-0.25, -0.2) is 0 Å². The van der Waals surface area contributed by atoms with Crippen molar-refractivity contribution >= 4 is 16.8 Å². The van der Waals surface area contributed by atoms with Crippen molar-refractivity contribution in [1.82, 2.24) is 9.88 Å². The lowest BCUT2D eigenvalue weighted by atomic mass is 10.1. The second-order valence-electron chi connectivity index (χ2n) is 4.67. The molecule has 1 amide bonds. The van der Waals surface area contributed by atoms with E-state index in [9.17, 15) is 4.79 Å². The van der Waals surface area contributed by atoms with Crippen LogP contribution in [0.15, 0.2) is 36.5 Å². The van der Waals surface area contributed by atoms with Crippen molar-refractivity contribution in [2.24, 2.45) is 5.73 Å². The third-order valence-electron chi connectivity index (χ3n) is 3.22. The van der Waals surface area contributed by atoms with E-state index in [2.05, 4.69) is 4.98 Å². The van der Waals surface area contributed by atoms with Crippen LogP contribution >= 0.6 is 0 Å². The highest BCUT2D eigenvalue weighted by molar-refractivity contribution is 5.85. The van der Waals surface area contributed by atoms with Crippen molar-refractivity contribution in [2.45, 2.75) is 6.04 Å². The number of nitrogens with two attached hydrogens (primary N) is 1. The fourth-order valence-corrected chi connectivity index (χ4v) is 2.14. The van der Waals surface area contributed by atoms with Crippen LogP contribution in [0.4, 0.5) is 0 Å². The van der Waals surface area contributed by atoms with Crippen LogP contribution in [-0.4, -0.2) is 41.5 Å². The van der Waals surface area contributed by atoms with Crippen LogP contribution in [0.5, 0.6) is 5.75 Å². The Morgan fingerprint density at radius 3 is 2.95 bits per heavy atom. The molecule has 0 radical (unpaired) electrons. The Bertz CT molecular complexity index is 603. The average Bonchev–Trinajstić information content (AvgIpc) is 2.41. The number of nitrogens with zero attached hydrogens (tertiary/aromatic N) is 2. The van der Waals surface area contributed by atoms with E-state index in [4.69, 9.17) is 10.5 Å². The first-order valence-electron chi connectivity index (χ1n) is 6.24. The number of likely N-dealkylation sites (tertiary alicyclic amines) is 1. The van der Waals surface area contributed by atoms with E-state index in [1.807, 2.05) is 24.3 Å². The number of ether oxygens (including phenoxy) is 1. The van der Waals surface area contributed by atoms with Crippen molar-refractivity contribution in [2.75, 3.05) is 19.7 Å². The van der Waals surface area contributed by atoms with Gasteiger partial charge in [-0.1, -0.05) is 12.1 Å². The van der Waals surface area contributed by atoms with Crippen molar-refractivity contribution < 1.29 is 9.53 Å². The topological polar surface area (TPSA) is 68.5 Å². The molecule has 5 nitrogen and oxygen atoms in total. The quantitative estimate of drug-likeness (QED) is 0.882. The summed E-state index contributed by atoms with van der Waals surface area (Å²) in [4.78, 5) is 17.8. The van der Waals surface area contributed by atoms with E-state index in [-0.39, 0.29) is 18.6 Å². The molecule has 1 fully saturated rings. The van der Waals surface area contributed by atoms with Crippen LogP contribution in [0.1, 0.15) is 0 Å². The minimum Gasteiger partial charge on any atom is -0.483 e. The Kier molecular flexibility index (Phi) is 3.05. The molecule has 0 atom stereocenters. The van der Waals surface area contributed by atoms with Crippen LogP contribution < -0.4 is 10.5 Å². The molecule has 0 saturated carbocycles. The van der Waals surface area contributed by atoms with Gasteiger partial charge in [0.25, 0.3) is 5.91 Å².